The number of primary sulfonamides is 1. The smallest absolute Gasteiger partial charge is 0.269 e. The zero-order valence-corrected chi connectivity index (χ0v) is 17.4. The second kappa shape index (κ2) is 8.68. The van der Waals surface area contributed by atoms with E-state index in [0.717, 1.165) is 6.08 Å². The molecule has 0 aliphatic rings. The highest BCUT2D eigenvalue weighted by Gasteiger charge is 2.15. The van der Waals surface area contributed by atoms with Crippen LogP contribution >= 0.6 is 0 Å². The Labute approximate surface area is 177 Å². The van der Waals surface area contributed by atoms with Gasteiger partial charge >= 0.3 is 0 Å². The summed E-state index contributed by atoms with van der Waals surface area (Å²) in [4.78, 5) is 11.5. The maximum Gasteiger partial charge on any atom is 0.269 e. The van der Waals surface area contributed by atoms with E-state index >= 15 is 0 Å². The number of hydrogen-bond acceptors (Lipinski definition) is 6. The Kier molecular flexibility index (Phi) is 6.20. The number of rotatable bonds is 6. The third-order valence-corrected chi connectivity index (χ3v) is 5.23. The number of nitrogens with zero attached hydrogens (tertiary/aromatic N) is 3. The number of likely N-dealkylation sites (N-methyl/N-ethyl adjacent to an activating group) is 1. The van der Waals surface area contributed by atoms with Gasteiger partial charge in [-0.1, -0.05) is 0 Å². The Morgan fingerprint density at radius 2 is 1.90 bits per heavy atom. The van der Waals surface area contributed by atoms with E-state index in [2.05, 4.69) is 5.10 Å². The fraction of sp³-hybridized carbons (Fsp3) is 0.100. The van der Waals surface area contributed by atoms with Crippen molar-refractivity contribution < 1.29 is 27.5 Å². The van der Waals surface area contributed by atoms with E-state index < -0.39 is 21.7 Å². The number of halogens is 1. The third kappa shape index (κ3) is 4.97. The molecule has 3 aromatic rings. The first-order valence-corrected chi connectivity index (χ1v) is 10.4. The number of methoxy groups -OCH3 is 1. The van der Waals surface area contributed by atoms with Crippen molar-refractivity contribution in [3.8, 4) is 22.7 Å². The van der Waals surface area contributed by atoms with Gasteiger partial charge in [0.15, 0.2) is 11.6 Å². The summed E-state index contributed by atoms with van der Waals surface area (Å²) in [6.45, 7) is 0. The van der Waals surface area contributed by atoms with Gasteiger partial charge in [0.05, 0.1) is 29.1 Å². The summed E-state index contributed by atoms with van der Waals surface area (Å²) in [5.41, 5.74) is 1.75. The van der Waals surface area contributed by atoms with Crippen molar-refractivity contribution in [2.24, 2.45) is 5.14 Å². The van der Waals surface area contributed by atoms with Crippen LogP contribution in [-0.4, -0.2) is 48.5 Å². The lowest BCUT2D eigenvalue weighted by molar-refractivity contribution is -0.153. The van der Waals surface area contributed by atoms with Crippen molar-refractivity contribution in [3.05, 3.63) is 66.1 Å². The van der Waals surface area contributed by atoms with Gasteiger partial charge < -0.3 is 4.74 Å². The molecule has 0 aliphatic heterocycles. The number of carbonyl (C=O) groups is 1. The molecule has 2 aromatic carbocycles. The van der Waals surface area contributed by atoms with E-state index in [1.165, 1.54) is 61.3 Å². The Morgan fingerprint density at radius 1 is 1.23 bits per heavy atom. The second-order valence-corrected chi connectivity index (χ2v) is 8.01. The van der Waals surface area contributed by atoms with E-state index in [-0.39, 0.29) is 10.6 Å². The van der Waals surface area contributed by atoms with Gasteiger partial charge in [-0.3, -0.25) is 10.0 Å². The SMILES string of the molecule is COc1ccc(-c2cc(/C=C/C(=O)N(C)O)nn2-c2ccc(S(N)(=O)=O)cc2)cc1F. The Morgan fingerprint density at radius 3 is 2.45 bits per heavy atom. The molecule has 0 radical (unpaired) electrons. The molecule has 1 amide bonds. The molecule has 0 aliphatic carbocycles. The van der Waals surface area contributed by atoms with Crippen LogP contribution in [0.2, 0.25) is 0 Å². The van der Waals surface area contributed by atoms with Gasteiger partial charge in [0.25, 0.3) is 5.91 Å². The quantitative estimate of drug-likeness (QED) is 0.339. The molecule has 11 heteroatoms. The summed E-state index contributed by atoms with van der Waals surface area (Å²) in [6, 6.07) is 11.6. The Balaban J connectivity index is 2.12. The van der Waals surface area contributed by atoms with Gasteiger partial charge in [-0.05, 0) is 54.6 Å². The third-order valence-electron chi connectivity index (χ3n) is 4.30. The lowest BCUT2D eigenvalue weighted by Crippen LogP contribution is -2.19. The molecule has 3 N–H and O–H groups in total. The number of aromatic nitrogens is 2. The number of benzene rings is 2. The van der Waals surface area contributed by atoms with Crippen LogP contribution in [0.15, 0.2) is 59.5 Å². The molecule has 0 bridgehead atoms. The average molecular weight is 446 g/mol. The predicted octanol–water partition coefficient (Wildman–Crippen LogP) is 2.20. The van der Waals surface area contributed by atoms with Crippen molar-refractivity contribution in [1.82, 2.24) is 14.8 Å². The number of hydroxylamine groups is 2. The lowest BCUT2D eigenvalue weighted by Gasteiger charge is -2.09. The molecular formula is C20H19FN4O5S. The molecule has 0 unspecified atom stereocenters. The fourth-order valence-electron chi connectivity index (χ4n) is 2.75. The summed E-state index contributed by atoms with van der Waals surface area (Å²) >= 11 is 0. The Bertz CT molecular complexity index is 1250. The molecule has 1 aromatic heterocycles. The molecule has 31 heavy (non-hydrogen) atoms. The zero-order chi connectivity index (χ0) is 22.8. The second-order valence-electron chi connectivity index (χ2n) is 6.45. The van der Waals surface area contributed by atoms with Gasteiger partial charge in [-0.2, -0.15) is 5.10 Å². The number of sulfonamides is 1. The topological polar surface area (TPSA) is 128 Å². The minimum absolute atomic E-state index is 0.0721. The Hall–Kier alpha value is -3.54. The van der Waals surface area contributed by atoms with Crippen LogP contribution in [0, 0.1) is 5.82 Å². The van der Waals surface area contributed by atoms with Crippen molar-refractivity contribution in [2.45, 2.75) is 4.90 Å². The van der Waals surface area contributed by atoms with Crippen molar-refractivity contribution in [2.75, 3.05) is 14.2 Å². The first kappa shape index (κ1) is 22.2. The van der Waals surface area contributed by atoms with Crippen molar-refractivity contribution >= 4 is 22.0 Å². The molecule has 0 spiro atoms. The molecule has 9 nitrogen and oxygen atoms in total. The van der Waals surface area contributed by atoms with Gasteiger partial charge in [0, 0.05) is 18.7 Å². The minimum atomic E-state index is -3.87. The average Bonchev–Trinajstić information content (AvgIpc) is 3.15. The van der Waals surface area contributed by atoms with Crippen LogP contribution < -0.4 is 9.88 Å². The monoisotopic (exact) mass is 446 g/mol. The first-order valence-electron chi connectivity index (χ1n) is 8.82. The highest BCUT2D eigenvalue weighted by molar-refractivity contribution is 7.89. The number of carbonyl (C=O) groups excluding carboxylic acids is 1. The minimum Gasteiger partial charge on any atom is -0.494 e. The van der Waals surface area contributed by atoms with Gasteiger partial charge in [-0.25, -0.2) is 27.7 Å². The molecule has 0 saturated carbocycles. The lowest BCUT2D eigenvalue weighted by atomic mass is 10.1. The number of amides is 1. The number of hydrogen-bond donors (Lipinski definition) is 2. The van der Waals surface area contributed by atoms with E-state index in [0.29, 0.717) is 27.7 Å². The van der Waals surface area contributed by atoms with Gasteiger partial charge in [0.2, 0.25) is 10.0 Å². The van der Waals surface area contributed by atoms with E-state index in [9.17, 15) is 22.8 Å². The highest BCUT2D eigenvalue weighted by atomic mass is 32.2. The molecule has 0 saturated heterocycles. The molecule has 1 heterocycles. The standard InChI is InChI=1S/C20H19FN4O5S/c1-24(27)20(26)10-4-14-12-18(13-3-9-19(30-2)17(21)11-13)25(23-14)15-5-7-16(8-6-15)31(22,28)29/h3-12,27H,1-2H3,(H2,22,28,29)/b10-4+. The summed E-state index contributed by atoms with van der Waals surface area (Å²) in [7, 11) is -1.33. The van der Waals surface area contributed by atoms with E-state index in [4.69, 9.17) is 9.88 Å². The maximum atomic E-state index is 14.3. The summed E-state index contributed by atoms with van der Waals surface area (Å²) < 4.78 is 43.7. The zero-order valence-electron chi connectivity index (χ0n) is 16.6. The summed E-state index contributed by atoms with van der Waals surface area (Å²) in [5.74, 6) is -1.17. The molecular weight excluding hydrogens is 427 g/mol. The van der Waals surface area contributed by atoms with Crippen LogP contribution in [0.3, 0.4) is 0 Å². The fourth-order valence-corrected chi connectivity index (χ4v) is 3.27. The van der Waals surface area contributed by atoms with Gasteiger partial charge in [0.1, 0.15) is 0 Å². The highest BCUT2D eigenvalue weighted by Crippen LogP contribution is 2.29. The maximum absolute atomic E-state index is 14.3. The molecule has 3 rings (SSSR count). The van der Waals surface area contributed by atoms with Crippen molar-refractivity contribution in [3.63, 3.8) is 0 Å². The predicted molar refractivity (Wildman–Crippen MR) is 110 cm³/mol. The molecule has 0 atom stereocenters. The largest absolute Gasteiger partial charge is 0.494 e. The molecule has 162 valence electrons. The van der Waals surface area contributed by atoms with E-state index in [1.54, 1.807) is 12.1 Å². The van der Waals surface area contributed by atoms with Crippen LogP contribution in [0.1, 0.15) is 5.69 Å². The normalized spacial score (nSPS) is 11.6. The first-order chi connectivity index (χ1) is 14.6. The number of nitrogens with two attached hydrogens (primary N) is 1. The van der Waals surface area contributed by atoms with Crippen LogP contribution in [0.25, 0.3) is 23.0 Å². The molecule has 0 fully saturated rings. The van der Waals surface area contributed by atoms with Gasteiger partial charge in [-0.15, -0.1) is 0 Å². The summed E-state index contributed by atoms with van der Waals surface area (Å²) in [6.07, 6.45) is 2.50. The van der Waals surface area contributed by atoms with E-state index in [1.807, 2.05) is 0 Å². The number of ether oxygens (including phenoxy) is 1. The van der Waals surface area contributed by atoms with Crippen LogP contribution in [0.4, 0.5) is 4.39 Å². The van der Waals surface area contributed by atoms with Crippen molar-refractivity contribution in [1.29, 1.82) is 0 Å². The van der Waals surface area contributed by atoms with Crippen LogP contribution in [0.5, 0.6) is 5.75 Å². The van der Waals surface area contributed by atoms with Crippen LogP contribution in [-0.2, 0) is 14.8 Å². The summed E-state index contributed by atoms with van der Waals surface area (Å²) in [5, 5.41) is 19.1.